The summed E-state index contributed by atoms with van der Waals surface area (Å²) in [5.74, 6) is 0.315. The van der Waals surface area contributed by atoms with Crippen molar-refractivity contribution in [3.8, 4) is 0 Å². The van der Waals surface area contributed by atoms with Crippen LogP contribution in [0.1, 0.15) is 58.3 Å². The fourth-order valence-electron chi connectivity index (χ4n) is 5.61. The van der Waals surface area contributed by atoms with Crippen molar-refractivity contribution in [2.24, 2.45) is 22.7 Å². The number of rotatable bonds is 4. The number of carbonyl (C=O) groups is 1. The van der Waals surface area contributed by atoms with Crippen molar-refractivity contribution in [1.29, 1.82) is 0 Å². The van der Waals surface area contributed by atoms with Crippen LogP contribution in [0.5, 0.6) is 0 Å². The van der Waals surface area contributed by atoms with Crippen LogP contribution >= 0.6 is 0 Å². The SMILES string of the molecule is C[C@]12CCCC(=O)C1CC[C@@H]2C1(CC=CC(O)(C(F)(F)F)C(F)(F)F)CC1. The fourth-order valence-corrected chi connectivity index (χ4v) is 5.61. The van der Waals surface area contributed by atoms with E-state index < -0.39 is 18.0 Å². The summed E-state index contributed by atoms with van der Waals surface area (Å²) >= 11 is 0. The molecule has 0 radical (unpaired) electrons. The number of Topliss-reactive ketones (excluding diaryl/α,β-unsaturated/α-hetero) is 1. The Labute approximate surface area is 154 Å². The van der Waals surface area contributed by atoms with Gasteiger partial charge in [-0.1, -0.05) is 13.0 Å². The molecule has 3 aliphatic carbocycles. The van der Waals surface area contributed by atoms with Crippen molar-refractivity contribution in [3.05, 3.63) is 12.2 Å². The van der Waals surface area contributed by atoms with Gasteiger partial charge in [0.25, 0.3) is 5.60 Å². The molecule has 0 aromatic rings. The largest absolute Gasteiger partial charge is 0.429 e. The van der Waals surface area contributed by atoms with Crippen LogP contribution < -0.4 is 0 Å². The number of allylic oxidation sites excluding steroid dienone is 1. The molecule has 3 aliphatic rings. The van der Waals surface area contributed by atoms with Gasteiger partial charge in [0.15, 0.2) is 0 Å². The van der Waals surface area contributed by atoms with Crippen LogP contribution in [0.2, 0.25) is 0 Å². The van der Waals surface area contributed by atoms with E-state index in [1.54, 1.807) is 0 Å². The summed E-state index contributed by atoms with van der Waals surface area (Å²) in [6, 6.07) is 0. The van der Waals surface area contributed by atoms with Crippen LogP contribution in [0.15, 0.2) is 12.2 Å². The van der Waals surface area contributed by atoms with Gasteiger partial charge in [0.05, 0.1) is 0 Å². The number of hydrogen-bond acceptors (Lipinski definition) is 2. The third kappa shape index (κ3) is 3.21. The van der Waals surface area contributed by atoms with E-state index in [9.17, 15) is 36.2 Å². The molecule has 0 spiro atoms. The summed E-state index contributed by atoms with van der Waals surface area (Å²) in [7, 11) is 0. The molecule has 154 valence electrons. The van der Waals surface area contributed by atoms with E-state index in [0.29, 0.717) is 6.42 Å². The number of carbonyl (C=O) groups excluding carboxylic acids is 1. The van der Waals surface area contributed by atoms with Gasteiger partial charge in [-0.2, -0.15) is 26.3 Å². The van der Waals surface area contributed by atoms with Crippen LogP contribution in [0.3, 0.4) is 0 Å². The van der Waals surface area contributed by atoms with Gasteiger partial charge in [-0.25, -0.2) is 0 Å². The first kappa shape index (κ1) is 20.7. The molecule has 0 amide bonds. The van der Waals surface area contributed by atoms with E-state index in [2.05, 4.69) is 6.92 Å². The van der Waals surface area contributed by atoms with Gasteiger partial charge < -0.3 is 5.11 Å². The summed E-state index contributed by atoms with van der Waals surface area (Å²) < 4.78 is 76.8. The first-order chi connectivity index (χ1) is 12.3. The first-order valence-electron chi connectivity index (χ1n) is 9.33. The Balaban J connectivity index is 1.78. The summed E-state index contributed by atoms with van der Waals surface area (Å²) in [6.07, 6.45) is -5.70. The van der Waals surface area contributed by atoms with E-state index in [4.69, 9.17) is 0 Å². The number of halogens is 6. The summed E-state index contributed by atoms with van der Waals surface area (Å²) in [4.78, 5) is 12.2. The molecule has 0 bridgehead atoms. The summed E-state index contributed by atoms with van der Waals surface area (Å²) in [6.45, 7) is 2.05. The monoisotopic (exact) mass is 398 g/mol. The number of aliphatic hydroxyl groups is 1. The van der Waals surface area contributed by atoms with Crippen molar-refractivity contribution < 1.29 is 36.2 Å². The zero-order chi connectivity index (χ0) is 20.3. The first-order valence-corrected chi connectivity index (χ1v) is 9.33. The minimum absolute atomic E-state index is 0.0417. The number of hydrogen-bond donors (Lipinski definition) is 1. The Morgan fingerprint density at radius 3 is 2.19 bits per heavy atom. The maximum absolute atomic E-state index is 12.8. The number of ketones is 1. The van der Waals surface area contributed by atoms with E-state index in [-0.39, 0.29) is 40.9 Å². The molecule has 0 heterocycles. The number of fused-ring (bicyclic) bond motifs is 1. The van der Waals surface area contributed by atoms with Crippen molar-refractivity contribution in [3.63, 3.8) is 0 Å². The normalized spacial score (nSPS) is 34.1. The average Bonchev–Trinajstić information content (AvgIpc) is 3.19. The molecule has 8 heteroatoms. The molecule has 0 aromatic carbocycles. The predicted octanol–water partition coefficient (Wildman–Crippen LogP) is 5.35. The maximum Gasteiger partial charge on any atom is 0.429 e. The van der Waals surface area contributed by atoms with Crippen LogP contribution in [0.4, 0.5) is 26.3 Å². The highest BCUT2D eigenvalue weighted by molar-refractivity contribution is 5.83. The minimum atomic E-state index is -5.83. The highest BCUT2D eigenvalue weighted by Gasteiger charge is 2.69. The lowest BCUT2D eigenvalue weighted by Gasteiger charge is -2.43. The molecule has 3 saturated carbocycles. The smallest absolute Gasteiger partial charge is 0.370 e. The summed E-state index contributed by atoms with van der Waals surface area (Å²) in [5, 5.41) is 9.26. The lowest BCUT2D eigenvalue weighted by Crippen LogP contribution is -2.55. The van der Waals surface area contributed by atoms with Crippen molar-refractivity contribution in [1.82, 2.24) is 0 Å². The molecule has 0 aliphatic heterocycles. The predicted molar refractivity (Wildman–Crippen MR) is 85.7 cm³/mol. The van der Waals surface area contributed by atoms with Gasteiger partial charge in [-0.3, -0.25) is 4.79 Å². The highest BCUT2D eigenvalue weighted by Crippen LogP contribution is 2.68. The second kappa shape index (κ2) is 6.22. The summed E-state index contributed by atoms with van der Waals surface area (Å²) in [5.41, 5.74) is -5.40. The standard InChI is InChI=1S/C19H24F6O2/c1-15-7-2-4-13(26)12(15)5-6-14(15)16(10-11-16)8-3-9-17(27,18(20,21)22)19(23,24)25/h3,9,12,14,27H,2,4-8,10-11H2,1H3/t12?,14-,15-/m0/s1. The molecular formula is C19H24F6O2. The zero-order valence-electron chi connectivity index (χ0n) is 15.1. The molecule has 2 nitrogen and oxygen atoms in total. The Kier molecular flexibility index (Phi) is 4.77. The Morgan fingerprint density at radius 2 is 1.67 bits per heavy atom. The van der Waals surface area contributed by atoms with E-state index in [1.807, 2.05) is 0 Å². The number of alkyl halides is 6. The van der Waals surface area contributed by atoms with Crippen molar-refractivity contribution >= 4 is 5.78 Å². The Hall–Kier alpha value is -1.05. The van der Waals surface area contributed by atoms with Crippen LogP contribution in [-0.2, 0) is 4.79 Å². The van der Waals surface area contributed by atoms with Gasteiger partial charge in [0, 0.05) is 12.3 Å². The van der Waals surface area contributed by atoms with Gasteiger partial charge in [0.1, 0.15) is 5.78 Å². The molecule has 3 fully saturated rings. The van der Waals surface area contributed by atoms with Crippen LogP contribution in [0.25, 0.3) is 0 Å². The van der Waals surface area contributed by atoms with Crippen molar-refractivity contribution in [2.75, 3.05) is 0 Å². The minimum Gasteiger partial charge on any atom is -0.370 e. The quantitative estimate of drug-likeness (QED) is 0.512. The second-order valence-corrected chi connectivity index (χ2v) is 8.74. The molecular weight excluding hydrogens is 374 g/mol. The molecule has 3 rings (SSSR count). The second-order valence-electron chi connectivity index (χ2n) is 8.74. The third-order valence-corrected chi connectivity index (χ3v) is 7.24. The zero-order valence-corrected chi connectivity index (χ0v) is 15.1. The van der Waals surface area contributed by atoms with Crippen molar-refractivity contribution in [2.45, 2.75) is 76.2 Å². The highest BCUT2D eigenvalue weighted by atomic mass is 19.4. The van der Waals surface area contributed by atoms with E-state index >= 15 is 0 Å². The van der Waals surface area contributed by atoms with Gasteiger partial charge in [0.2, 0.25) is 0 Å². The van der Waals surface area contributed by atoms with Gasteiger partial charge in [-0.05, 0) is 67.8 Å². The van der Waals surface area contributed by atoms with E-state index in [1.165, 1.54) is 0 Å². The molecule has 1 unspecified atom stereocenters. The van der Waals surface area contributed by atoms with Gasteiger partial charge in [-0.15, -0.1) is 0 Å². The lowest BCUT2D eigenvalue weighted by molar-refractivity contribution is -0.347. The Morgan fingerprint density at radius 1 is 1.07 bits per heavy atom. The Bertz CT molecular complexity index is 617. The van der Waals surface area contributed by atoms with Gasteiger partial charge >= 0.3 is 12.4 Å². The maximum atomic E-state index is 12.8. The molecule has 1 N–H and O–H groups in total. The van der Waals surface area contributed by atoms with E-state index in [0.717, 1.165) is 44.6 Å². The van der Waals surface area contributed by atoms with Crippen LogP contribution in [-0.4, -0.2) is 28.8 Å². The topological polar surface area (TPSA) is 37.3 Å². The van der Waals surface area contributed by atoms with Crippen LogP contribution in [0, 0.1) is 22.7 Å². The lowest BCUT2D eigenvalue weighted by atomic mass is 9.60. The fraction of sp³-hybridized carbons (Fsp3) is 0.842. The molecule has 27 heavy (non-hydrogen) atoms. The molecule has 3 atom stereocenters. The molecule has 0 aromatic heterocycles. The average molecular weight is 398 g/mol. The third-order valence-electron chi connectivity index (χ3n) is 7.24. The molecule has 0 saturated heterocycles.